The molecule has 0 saturated heterocycles. The van der Waals surface area contributed by atoms with E-state index in [1.165, 1.54) is 24.9 Å². The van der Waals surface area contributed by atoms with Gasteiger partial charge in [-0.1, -0.05) is 12.8 Å². The number of pyridine rings is 1. The smallest absolute Gasteiger partial charge is 0.0606 e. The lowest BCUT2D eigenvalue weighted by atomic mass is 10.1. The molecule has 1 atom stereocenters. The van der Waals surface area contributed by atoms with E-state index in [0.29, 0.717) is 6.04 Å². The molecule has 0 spiro atoms. The molecule has 0 radical (unpaired) electrons. The van der Waals surface area contributed by atoms with Gasteiger partial charge in [0.25, 0.3) is 0 Å². The first-order valence-corrected chi connectivity index (χ1v) is 5.86. The summed E-state index contributed by atoms with van der Waals surface area (Å²) in [6, 6.07) is 4.78. The van der Waals surface area contributed by atoms with Gasteiger partial charge in [-0.2, -0.15) is 0 Å². The molecule has 15 heavy (non-hydrogen) atoms. The van der Waals surface area contributed by atoms with Crippen LogP contribution in [0.4, 0.5) is 5.69 Å². The molecule has 0 aromatic carbocycles. The molecule has 0 amide bonds. The van der Waals surface area contributed by atoms with Crippen LogP contribution in [-0.2, 0) is 0 Å². The molecule has 1 fully saturated rings. The summed E-state index contributed by atoms with van der Waals surface area (Å²) in [5.41, 5.74) is 3.39. The average molecular weight is 204 g/mol. The summed E-state index contributed by atoms with van der Waals surface area (Å²) in [5, 5.41) is 3.55. The van der Waals surface area contributed by atoms with Crippen molar-refractivity contribution in [2.45, 2.75) is 46.1 Å². The number of hydrogen-bond donors (Lipinski definition) is 1. The first-order valence-electron chi connectivity index (χ1n) is 5.86. The molecule has 1 heterocycles. The Kier molecular flexibility index (Phi) is 2.94. The van der Waals surface area contributed by atoms with Gasteiger partial charge in [-0.05, 0) is 45.2 Å². The zero-order valence-corrected chi connectivity index (χ0v) is 9.88. The van der Waals surface area contributed by atoms with Crippen molar-refractivity contribution in [1.29, 1.82) is 0 Å². The molecular weight excluding hydrogens is 184 g/mol. The molecule has 1 aliphatic carbocycles. The summed E-state index contributed by atoms with van der Waals surface area (Å²) in [4.78, 5) is 4.46. The number of rotatable bonds is 4. The van der Waals surface area contributed by atoms with Crippen molar-refractivity contribution in [3.05, 3.63) is 23.5 Å². The predicted molar refractivity (Wildman–Crippen MR) is 64.1 cm³/mol. The summed E-state index contributed by atoms with van der Waals surface area (Å²) >= 11 is 0. The van der Waals surface area contributed by atoms with Crippen molar-refractivity contribution < 1.29 is 0 Å². The topological polar surface area (TPSA) is 24.9 Å². The van der Waals surface area contributed by atoms with Crippen LogP contribution in [0.1, 0.15) is 37.6 Å². The maximum absolute atomic E-state index is 4.46. The van der Waals surface area contributed by atoms with Crippen LogP contribution in [0, 0.1) is 19.8 Å². The number of anilines is 1. The Morgan fingerprint density at radius 2 is 2.13 bits per heavy atom. The molecule has 0 aliphatic heterocycles. The third kappa shape index (κ3) is 2.95. The SMILES string of the molecule is Cc1ccc(NC(C)CC2CC2)c(C)n1. The van der Waals surface area contributed by atoms with E-state index in [9.17, 15) is 0 Å². The fourth-order valence-electron chi connectivity index (χ4n) is 2.02. The molecule has 1 aromatic heterocycles. The van der Waals surface area contributed by atoms with Crippen molar-refractivity contribution in [3.63, 3.8) is 0 Å². The van der Waals surface area contributed by atoms with Crippen molar-refractivity contribution in [1.82, 2.24) is 4.98 Å². The van der Waals surface area contributed by atoms with Gasteiger partial charge in [-0.25, -0.2) is 0 Å². The molecule has 2 rings (SSSR count). The monoisotopic (exact) mass is 204 g/mol. The Bertz CT molecular complexity index is 342. The molecule has 1 aliphatic rings. The standard InChI is InChI=1S/C13H20N2/c1-9-4-7-13(11(3)14-9)15-10(2)8-12-5-6-12/h4,7,10,12,15H,5-6,8H2,1-3H3. The van der Waals surface area contributed by atoms with Crippen molar-refractivity contribution in [2.75, 3.05) is 5.32 Å². The number of aromatic nitrogens is 1. The normalized spacial score (nSPS) is 17.5. The van der Waals surface area contributed by atoms with Gasteiger partial charge in [0.1, 0.15) is 0 Å². The van der Waals surface area contributed by atoms with Crippen LogP contribution in [0.3, 0.4) is 0 Å². The molecule has 1 aromatic rings. The minimum Gasteiger partial charge on any atom is -0.381 e. The van der Waals surface area contributed by atoms with E-state index in [2.05, 4.69) is 36.3 Å². The summed E-state index contributed by atoms with van der Waals surface area (Å²) in [5.74, 6) is 0.978. The fourth-order valence-corrected chi connectivity index (χ4v) is 2.02. The zero-order valence-electron chi connectivity index (χ0n) is 9.88. The molecule has 2 heteroatoms. The number of nitrogens with zero attached hydrogens (tertiary/aromatic N) is 1. The van der Waals surface area contributed by atoms with E-state index >= 15 is 0 Å². The Hall–Kier alpha value is -1.05. The van der Waals surface area contributed by atoms with E-state index in [4.69, 9.17) is 0 Å². The van der Waals surface area contributed by atoms with Crippen LogP contribution < -0.4 is 5.32 Å². The lowest BCUT2D eigenvalue weighted by Gasteiger charge is -2.16. The molecule has 1 N–H and O–H groups in total. The van der Waals surface area contributed by atoms with Gasteiger partial charge >= 0.3 is 0 Å². The van der Waals surface area contributed by atoms with Crippen LogP contribution in [0.5, 0.6) is 0 Å². The van der Waals surface area contributed by atoms with E-state index in [0.717, 1.165) is 17.3 Å². The van der Waals surface area contributed by atoms with Gasteiger partial charge in [-0.15, -0.1) is 0 Å². The third-order valence-electron chi connectivity index (χ3n) is 3.01. The lowest BCUT2D eigenvalue weighted by molar-refractivity contribution is 0.641. The third-order valence-corrected chi connectivity index (χ3v) is 3.01. The quantitative estimate of drug-likeness (QED) is 0.814. The van der Waals surface area contributed by atoms with Gasteiger partial charge in [0.15, 0.2) is 0 Å². The van der Waals surface area contributed by atoms with Gasteiger partial charge in [-0.3, -0.25) is 4.98 Å². The Labute approximate surface area is 92.1 Å². The second-order valence-corrected chi connectivity index (χ2v) is 4.81. The number of hydrogen-bond acceptors (Lipinski definition) is 2. The number of aryl methyl sites for hydroxylation is 2. The lowest BCUT2D eigenvalue weighted by Crippen LogP contribution is -2.16. The summed E-state index contributed by atoms with van der Waals surface area (Å²) in [6.07, 6.45) is 4.15. The molecule has 2 nitrogen and oxygen atoms in total. The van der Waals surface area contributed by atoms with Gasteiger partial charge < -0.3 is 5.32 Å². The summed E-state index contributed by atoms with van der Waals surface area (Å²) in [7, 11) is 0. The molecule has 1 saturated carbocycles. The predicted octanol–water partition coefficient (Wildman–Crippen LogP) is 3.30. The molecule has 82 valence electrons. The first-order chi connectivity index (χ1) is 7.15. The number of nitrogens with one attached hydrogen (secondary N) is 1. The Morgan fingerprint density at radius 1 is 1.40 bits per heavy atom. The highest BCUT2D eigenvalue weighted by Crippen LogP contribution is 2.34. The van der Waals surface area contributed by atoms with Gasteiger partial charge in [0, 0.05) is 11.7 Å². The van der Waals surface area contributed by atoms with Crippen LogP contribution in [-0.4, -0.2) is 11.0 Å². The maximum atomic E-state index is 4.46. The Morgan fingerprint density at radius 3 is 2.73 bits per heavy atom. The largest absolute Gasteiger partial charge is 0.381 e. The minimum atomic E-state index is 0.570. The van der Waals surface area contributed by atoms with Gasteiger partial charge in [0.2, 0.25) is 0 Å². The highest BCUT2D eigenvalue weighted by Gasteiger charge is 2.23. The highest BCUT2D eigenvalue weighted by atomic mass is 14.9. The second kappa shape index (κ2) is 4.21. The first kappa shape index (κ1) is 10.5. The van der Waals surface area contributed by atoms with Crippen molar-refractivity contribution in [3.8, 4) is 0 Å². The summed E-state index contributed by atoms with van der Waals surface area (Å²) in [6.45, 7) is 6.36. The van der Waals surface area contributed by atoms with Gasteiger partial charge in [0.05, 0.1) is 11.4 Å². The molecule has 0 bridgehead atoms. The molecule has 1 unspecified atom stereocenters. The summed E-state index contributed by atoms with van der Waals surface area (Å²) < 4.78 is 0. The van der Waals surface area contributed by atoms with E-state index < -0.39 is 0 Å². The van der Waals surface area contributed by atoms with Crippen LogP contribution in [0.15, 0.2) is 12.1 Å². The van der Waals surface area contributed by atoms with Crippen molar-refractivity contribution >= 4 is 5.69 Å². The van der Waals surface area contributed by atoms with E-state index in [1.54, 1.807) is 0 Å². The van der Waals surface area contributed by atoms with E-state index in [1.807, 2.05) is 6.92 Å². The molecular formula is C13H20N2. The fraction of sp³-hybridized carbons (Fsp3) is 0.615. The second-order valence-electron chi connectivity index (χ2n) is 4.81. The minimum absolute atomic E-state index is 0.570. The Balaban J connectivity index is 1.96. The van der Waals surface area contributed by atoms with Crippen LogP contribution in [0.25, 0.3) is 0 Å². The van der Waals surface area contributed by atoms with Crippen molar-refractivity contribution in [2.24, 2.45) is 5.92 Å². The van der Waals surface area contributed by atoms with E-state index in [-0.39, 0.29) is 0 Å². The van der Waals surface area contributed by atoms with Crippen LogP contribution >= 0.6 is 0 Å². The zero-order chi connectivity index (χ0) is 10.8. The maximum Gasteiger partial charge on any atom is 0.0606 e. The highest BCUT2D eigenvalue weighted by molar-refractivity contribution is 5.48. The average Bonchev–Trinajstić information content (AvgIpc) is 2.94. The van der Waals surface area contributed by atoms with Crippen LogP contribution in [0.2, 0.25) is 0 Å².